The number of rotatable bonds is 3. The number of aromatic amines is 1. The van der Waals surface area contributed by atoms with Gasteiger partial charge in [-0.15, -0.1) is 0 Å². The molecule has 0 radical (unpaired) electrons. The second-order valence-electron chi connectivity index (χ2n) is 5.56. The van der Waals surface area contributed by atoms with Gasteiger partial charge in [-0.05, 0) is 50.9 Å². The number of benzene rings is 1. The molecule has 0 bridgehead atoms. The predicted octanol–water partition coefficient (Wildman–Crippen LogP) is 3.69. The summed E-state index contributed by atoms with van der Waals surface area (Å²) in [5, 5.41) is 3.41. The summed E-state index contributed by atoms with van der Waals surface area (Å²) >= 11 is 3.47. The lowest BCUT2D eigenvalue weighted by Crippen LogP contribution is -2.28. The minimum atomic E-state index is 0.763. The molecule has 106 valence electrons. The van der Waals surface area contributed by atoms with Gasteiger partial charge in [-0.3, -0.25) is 0 Å². The first kappa shape index (κ1) is 13.8. The van der Waals surface area contributed by atoms with Crippen molar-refractivity contribution in [3.63, 3.8) is 0 Å². The number of piperidine rings is 1. The number of aryl methyl sites for hydroxylation is 1. The number of nitrogens with one attached hydrogen (secondary N) is 2. The Hall–Kier alpha value is -1.13. The smallest absolute Gasteiger partial charge is 0.107 e. The van der Waals surface area contributed by atoms with E-state index in [1.807, 2.05) is 0 Å². The van der Waals surface area contributed by atoms with Gasteiger partial charge in [-0.1, -0.05) is 28.1 Å². The minimum Gasteiger partial charge on any atom is -0.346 e. The van der Waals surface area contributed by atoms with E-state index in [0.717, 1.165) is 47.1 Å². The van der Waals surface area contributed by atoms with Gasteiger partial charge >= 0.3 is 0 Å². The van der Waals surface area contributed by atoms with Crippen molar-refractivity contribution in [3.05, 3.63) is 40.3 Å². The molecule has 3 nitrogen and oxygen atoms in total. The van der Waals surface area contributed by atoms with Crippen molar-refractivity contribution in [1.82, 2.24) is 15.3 Å². The Morgan fingerprint density at radius 3 is 2.60 bits per heavy atom. The molecule has 0 saturated carbocycles. The fourth-order valence-electron chi connectivity index (χ4n) is 2.87. The number of aromatic nitrogens is 2. The predicted molar refractivity (Wildman–Crippen MR) is 85.8 cm³/mol. The average molecular weight is 334 g/mol. The highest BCUT2D eigenvalue weighted by molar-refractivity contribution is 9.10. The van der Waals surface area contributed by atoms with Gasteiger partial charge in [-0.2, -0.15) is 0 Å². The molecule has 4 heteroatoms. The van der Waals surface area contributed by atoms with E-state index in [-0.39, 0.29) is 0 Å². The maximum Gasteiger partial charge on any atom is 0.107 e. The van der Waals surface area contributed by atoms with E-state index in [9.17, 15) is 0 Å². The molecule has 1 aliphatic heterocycles. The molecule has 1 aliphatic rings. The van der Waals surface area contributed by atoms with Crippen molar-refractivity contribution < 1.29 is 0 Å². The monoisotopic (exact) mass is 333 g/mol. The van der Waals surface area contributed by atoms with E-state index in [1.165, 1.54) is 18.4 Å². The van der Waals surface area contributed by atoms with E-state index in [1.54, 1.807) is 0 Å². The Labute approximate surface area is 128 Å². The number of hydrogen-bond donors (Lipinski definition) is 2. The third-order valence-electron chi connectivity index (χ3n) is 3.99. The first-order valence-corrected chi connectivity index (χ1v) is 8.04. The summed E-state index contributed by atoms with van der Waals surface area (Å²) in [4.78, 5) is 8.27. The number of imidazole rings is 1. The Morgan fingerprint density at radius 2 is 1.90 bits per heavy atom. The summed E-state index contributed by atoms with van der Waals surface area (Å²) in [6.07, 6.45) is 3.58. The van der Waals surface area contributed by atoms with Crippen molar-refractivity contribution in [3.8, 4) is 11.3 Å². The minimum absolute atomic E-state index is 0.763. The SMILES string of the molecule is Cc1[nH]c(CC2CCNCC2)nc1-c1ccc(Br)cc1. The molecule has 2 aromatic rings. The number of hydrogen-bond acceptors (Lipinski definition) is 2. The van der Waals surface area contributed by atoms with Crippen LogP contribution in [0.4, 0.5) is 0 Å². The van der Waals surface area contributed by atoms with Gasteiger partial charge in [0, 0.05) is 22.2 Å². The Morgan fingerprint density at radius 1 is 1.20 bits per heavy atom. The summed E-state index contributed by atoms with van der Waals surface area (Å²) < 4.78 is 1.10. The molecule has 1 saturated heterocycles. The molecule has 0 aliphatic carbocycles. The zero-order valence-corrected chi connectivity index (χ0v) is 13.3. The van der Waals surface area contributed by atoms with Crippen LogP contribution in [0.2, 0.25) is 0 Å². The van der Waals surface area contributed by atoms with Gasteiger partial charge in [0.25, 0.3) is 0 Å². The van der Waals surface area contributed by atoms with E-state index in [4.69, 9.17) is 4.98 Å². The van der Waals surface area contributed by atoms with Gasteiger partial charge in [0.1, 0.15) is 5.82 Å². The molecular weight excluding hydrogens is 314 g/mol. The van der Waals surface area contributed by atoms with Crippen molar-refractivity contribution in [2.24, 2.45) is 5.92 Å². The molecule has 0 amide bonds. The van der Waals surface area contributed by atoms with Crippen LogP contribution in [0.5, 0.6) is 0 Å². The first-order chi connectivity index (χ1) is 9.72. The second kappa shape index (κ2) is 6.10. The number of halogens is 1. The second-order valence-corrected chi connectivity index (χ2v) is 6.48. The largest absolute Gasteiger partial charge is 0.346 e. The zero-order valence-electron chi connectivity index (χ0n) is 11.7. The van der Waals surface area contributed by atoms with E-state index in [2.05, 4.69) is 57.4 Å². The maximum absolute atomic E-state index is 4.81. The van der Waals surface area contributed by atoms with Gasteiger partial charge in [0.2, 0.25) is 0 Å². The molecule has 1 fully saturated rings. The molecule has 2 N–H and O–H groups in total. The summed E-state index contributed by atoms with van der Waals surface area (Å²) in [5.41, 5.74) is 3.43. The quantitative estimate of drug-likeness (QED) is 0.899. The van der Waals surface area contributed by atoms with Crippen molar-refractivity contribution >= 4 is 15.9 Å². The van der Waals surface area contributed by atoms with Crippen LogP contribution < -0.4 is 5.32 Å². The van der Waals surface area contributed by atoms with Crippen LogP contribution in [0.15, 0.2) is 28.7 Å². The maximum atomic E-state index is 4.81. The molecule has 20 heavy (non-hydrogen) atoms. The number of nitrogens with zero attached hydrogens (tertiary/aromatic N) is 1. The molecule has 3 rings (SSSR count). The zero-order chi connectivity index (χ0) is 13.9. The topological polar surface area (TPSA) is 40.7 Å². The fraction of sp³-hybridized carbons (Fsp3) is 0.438. The van der Waals surface area contributed by atoms with Crippen molar-refractivity contribution in [2.45, 2.75) is 26.2 Å². The first-order valence-electron chi connectivity index (χ1n) is 7.24. The summed E-state index contributed by atoms with van der Waals surface area (Å²) in [6, 6.07) is 8.36. The van der Waals surface area contributed by atoms with Crippen molar-refractivity contribution in [1.29, 1.82) is 0 Å². The summed E-state index contributed by atoms with van der Waals surface area (Å²) in [6.45, 7) is 4.39. The van der Waals surface area contributed by atoms with Crippen LogP contribution in [0.1, 0.15) is 24.4 Å². The van der Waals surface area contributed by atoms with Crippen LogP contribution in [-0.2, 0) is 6.42 Å². The van der Waals surface area contributed by atoms with Crippen LogP contribution in [0.25, 0.3) is 11.3 Å². The third kappa shape index (κ3) is 3.13. The Kier molecular flexibility index (Phi) is 4.22. The lowest BCUT2D eigenvalue weighted by atomic mass is 9.94. The fourth-order valence-corrected chi connectivity index (χ4v) is 3.13. The highest BCUT2D eigenvalue weighted by atomic mass is 79.9. The molecular formula is C16H20BrN3. The standard InChI is InChI=1S/C16H20BrN3/c1-11-16(13-2-4-14(17)5-3-13)20-15(19-11)10-12-6-8-18-9-7-12/h2-5,12,18H,6-10H2,1H3,(H,19,20). The summed E-state index contributed by atoms with van der Waals surface area (Å²) in [5.74, 6) is 1.90. The van der Waals surface area contributed by atoms with Crippen LogP contribution in [0.3, 0.4) is 0 Å². The molecule has 0 atom stereocenters. The highest BCUT2D eigenvalue weighted by Crippen LogP contribution is 2.25. The number of H-pyrrole nitrogens is 1. The Balaban J connectivity index is 1.78. The normalized spacial score (nSPS) is 16.5. The van der Waals surface area contributed by atoms with Gasteiger partial charge in [0.05, 0.1) is 5.69 Å². The van der Waals surface area contributed by atoms with Gasteiger partial charge in [0.15, 0.2) is 0 Å². The van der Waals surface area contributed by atoms with Crippen LogP contribution >= 0.6 is 15.9 Å². The average Bonchev–Trinajstić information content (AvgIpc) is 2.81. The van der Waals surface area contributed by atoms with Gasteiger partial charge < -0.3 is 10.3 Å². The molecule has 2 heterocycles. The Bertz CT molecular complexity index is 568. The van der Waals surface area contributed by atoms with Crippen LogP contribution in [-0.4, -0.2) is 23.1 Å². The molecule has 0 unspecified atom stereocenters. The lowest BCUT2D eigenvalue weighted by Gasteiger charge is -2.21. The molecule has 1 aromatic heterocycles. The van der Waals surface area contributed by atoms with Gasteiger partial charge in [-0.25, -0.2) is 4.98 Å². The molecule has 1 aromatic carbocycles. The summed E-state index contributed by atoms with van der Waals surface area (Å²) in [7, 11) is 0. The van der Waals surface area contributed by atoms with E-state index in [0.29, 0.717) is 0 Å². The third-order valence-corrected chi connectivity index (χ3v) is 4.52. The highest BCUT2D eigenvalue weighted by Gasteiger charge is 2.16. The van der Waals surface area contributed by atoms with E-state index >= 15 is 0 Å². The molecule has 0 spiro atoms. The van der Waals surface area contributed by atoms with Crippen molar-refractivity contribution in [2.75, 3.05) is 13.1 Å². The lowest BCUT2D eigenvalue weighted by molar-refractivity contribution is 0.368. The van der Waals surface area contributed by atoms with Crippen LogP contribution in [0, 0.1) is 12.8 Å². The van der Waals surface area contributed by atoms with E-state index < -0.39 is 0 Å².